The zero-order valence-electron chi connectivity index (χ0n) is 12.0. The number of ether oxygens (including phenoxy) is 1. The standard InChI is InChI=1S/C15H26N2O/c1-4-18-11-15-9-14(13(3)16-15)10-17-7-5-12(2)6-8-17/h9,12,16H,4-8,10-11H2,1-3H3. The summed E-state index contributed by atoms with van der Waals surface area (Å²) in [6.45, 7) is 11.6. The van der Waals surface area contributed by atoms with Crippen LogP contribution in [-0.4, -0.2) is 29.6 Å². The van der Waals surface area contributed by atoms with Gasteiger partial charge in [0.1, 0.15) is 0 Å². The van der Waals surface area contributed by atoms with E-state index in [2.05, 4.69) is 29.8 Å². The number of piperidine rings is 1. The molecule has 3 heteroatoms. The van der Waals surface area contributed by atoms with Gasteiger partial charge in [-0.3, -0.25) is 4.90 Å². The summed E-state index contributed by atoms with van der Waals surface area (Å²) in [7, 11) is 0. The maximum atomic E-state index is 5.45. The van der Waals surface area contributed by atoms with E-state index in [0.29, 0.717) is 6.61 Å². The summed E-state index contributed by atoms with van der Waals surface area (Å²) >= 11 is 0. The lowest BCUT2D eigenvalue weighted by molar-refractivity contribution is 0.131. The zero-order chi connectivity index (χ0) is 13.0. The predicted molar refractivity (Wildman–Crippen MR) is 74.5 cm³/mol. The number of aryl methyl sites for hydroxylation is 1. The average Bonchev–Trinajstić information content (AvgIpc) is 2.70. The average molecular weight is 250 g/mol. The van der Waals surface area contributed by atoms with E-state index in [0.717, 1.165) is 19.1 Å². The third-order valence-corrected chi connectivity index (χ3v) is 3.91. The molecule has 18 heavy (non-hydrogen) atoms. The Morgan fingerprint density at radius 3 is 2.78 bits per heavy atom. The molecular formula is C15H26N2O. The van der Waals surface area contributed by atoms with Crippen LogP contribution in [0.25, 0.3) is 0 Å². The second kappa shape index (κ2) is 6.39. The lowest BCUT2D eigenvalue weighted by Gasteiger charge is -2.30. The van der Waals surface area contributed by atoms with Gasteiger partial charge in [0.05, 0.1) is 6.61 Å². The van der Waals surface area contributed by atoms with Crippen molar-refractivity contribution >= 4 is 0 Å². The summed E-state index contributed by atoms with van der Waals surface area (Å²) in [5.74, 6) is 0.905. The van der Waals surface area contributed by atoms with Crippen LogP contribution in [0.15, 0.2) is 6.07 Å². The van der Waals surface area contributed by atoms with Crippen LogP contribution in [0, 0.1) is 12.8 Å². The lowest BCUT2D eigenvalue weighted by Crippen LogP contribution is -2.32. The van der Waals surface area contributed by atoms with E-state index in [-0.39, 0.29) is 0 Å². The molecule has 3 nitrogen and oxygen atoms in total. The molecule has 0 bridgehead atoms. The van der Waals surface area contributed by atoms with Gasteiger partial charge in [0.15, 0.2) is 0 Å². The van der Waals surface area contributed by atoms with Gasteiger partial charge in [0.25, 0.3) is 0 Å². The number of nitrogens with zero attached hydrogens (tertiary/aromatic N) is 1. The maximum Gasteiger partial charge on any atom is 0.0865 e. The van der Waals surface area contributed by atoms with E-state index >= 15 is 0 Å². The summed E-state index contributed by atoms with van der Waals surface area (Å²) in [6.07, 6.45) is 2.69. The van der Waals surface area contributed by atoms with Gasteiger partial charge in [-0.2, -0.15) is 0 Å². The smallest absolute Gasteiger partial charge is 0.0865 e. The fraction of sp³-hybridized carbons (Fsp3) is 0.733. The van der Waals surface area contributed by atoms with Crippen LogP contribution >= 0.6 is 0 Å². The number of hydrogen-bond donors (Lipinski definition) is 1. The molecule has 0 amide bonds. The molecule has 0 spiro atoms. The summed E-state index contributed by atoms with van der Waals surface area (Å²) in [5, 5.41) is 0. The first-order valence-corrected chi connectivity index (χ1v) is 7.16. The van der Waals surface area contributed by atoms with E-state index in [1.165, 1.54) is 42.9 Å². The summed E-state index contributed by atoms with van der Waals surface area (Å²) in [6, 6.07) is 2.27. The quantitative estimate of drug-likeness (QED) is 0.870. The number of aromatic amines is 1. The summed E-state index contributed by atoms with van der Waals surface area (Å²) < 4.78 is 5.45. The van der Waals surface area contributed by atoms with E-state index in [1.54, 1.807) is 0 Å². The number of hydrogen-bond acceptors (Lipinski definition) is 2. The molecule has 0 unspecified atom stereocenters. The Bertz CT molecular complexity index is 365. The molecule has 0 saturated carbocycles. The minimum Gasteiger partial charge on any atom is -0.376 e. The van der Waals surface area contributed by atoms with Crippen molar-refractivity contribution < 1.29 is 4.74 Å². The SMILES string of the molecule is CCOCc1cc(CN2CCC(C)CC2)c(C)[nH]1. The van der Waals surface area contributed by atoms with Crippen molar-refractivity contribution in [2.45, 2.75) is 46.8 Å². The monoisotopic (exact) mass is 250 g/mol. The van der Waals surface area contributed by atoms with Crippen LogP contribution in [0.4, 0.5) is 0 Å². The third kappa shape index (κ3) is 3.59. The van der Waals surface area contributed by atoms with Crippen LogP contribution in [0.1, 0.15) is 43.6 Å². The first kappa shape index (κ1) is 13.6. The van der Waals surface area contributed by atoms with Gasteiger partial charge in [0.2, 0.25) is 0 Å². The second-order valence-electron chi connectivity index (χ2n) is 5.54. The van der Waals surface area contributed by atoms with Crippen LogP contribution in [-0.2, 0) is 17.9 Å². The van der Waals surface area contributed by atoms with Crippen LogP contribution in [0.3, 0.4) is 0 Å². The third-order valence-electron chi connectivity index (χ3n) is 3.91. The van der Waals surface area contributed by atoms with Crippen LogP contribution in [0.2, 0.25) is 0 Å². The highest BCUT2D eigenvalue weighted by atomic mass is 16.5. The molecule has 1 aromatic rings. The fourth-order valence-corrected chi connectivity index (χ4v) is 2.59. The highest BCUT2D eigenvalue weighted by Gasteiger charge is 2.17. The summed E-state index contributed by atoms with van der Waals surface area (Å²) in [4.78, 5) is 6.00. The molecule has 1 N–H and O–H groups in total. The van der Waals surface area contributed by atoms with Gasteiger partial charge < -0.3 is 9.72 Å². The molecule has 1 aromatic heterocycles. The number of H-pyrrole nitrogens is 1. The lowest BCUT2D eigenvalue weighted by atomic mass is 9.99. The second-order valence-corrected chi connectivity index (χ2v) is 5.54. The first-order chi connectivity index (χ1) is 8.69. The van der Waals surface area contributed by atoms with Gasteiger partial charge >= 0.3 is 0 Å². The normalized spacial score (nSPS) is 18.4. The Hall–Kier alpha value is -0.800. The Morgan fingerprint density at radius 2 is 2.11 bits per heavy atom. The minimum absolute atomic E-state index is 0.703. The molecule has 2 heterocycles. The molecule has 1 fully saturated rings. The van der Waals surface area contributed by atoms with Crippen molar-refractivity contribution in [3.8, 4) is 0 Å². The molecule has 0 aromatic carbocycles. The number of rotatable bonds is 5. The summed E-state index contributed by atoms with van der Waals surface area (Å²) in [5.41, 5.74) is 3.93. The van der Waals surface area contributed by atoms with Crippen molar-refractivity contribution in [1.29, 1.82) is 0 Å². The van der Waals surface area contributed by atoms with Gasteiger partial charge in [-0.05, 0) is 57.3 Å². The Labute approximate surface area is 111 Å². The van der Waals surface area contributed by atoms with Gasteiger partial charge in [-0.1, -0.05) is 6.92 Å². The molecule has 2 rings (SSSR count). The first-order valence-electron chi connectivity index (χ1n) is 7.16. The topological polar surface area (TPSA) is 28.3 Å². The molecule has 0 radical (unpaired) electrons. The molecule has 1 aliphatic heterocycles. The highest BCUT2D eigenvalue weighted by Crippen LogP contribution is 2.20. The van der Waals surface area contributed by atoms with E-state index < -0.39 is 0 Å². The molecule has 0 atom stereocenters. The predicted octanol–water partition coefficient (Wildman–Crippen LogP) is 3.09. The molecular weight excluding hydrogens is 224 g/mol. The van der Waals surface area contributed by atoms with Crippen molar-refractivity contribution in [3.05, 3.63) is 23.0 Å². The Morgan fingerprint density at radius 1 is 1.39 bits per heavy atom. The van der Waals surface area contributed by atoms with Gasteiger partial charge in [-0.15, -0.1) is 0 Å². The van der Waals surface area contributed by atoms with E-state index in [9.17, 15) is 0 Å². The zero-order valence-corrected chi connectivity index (χ0v) is 12.0. The Balaban J connectivity index is 1.90. The number of aromatic nitrogens is 1. The minimum atomic E-state index is 0.703. The molecule has 1 saturated heterocycles. The Kier molecular flexibility index (Phi) is 4.84. The van der Waals surface area contributed by atoms with E-state index in [4.69, 9.17) is 4.74 Å². The van der Waals surface area contributed by atoms with Crippen molar-refractivity contribution in [1.82, 2.24) is 9.88 Å². The van der Waals surface area contributed by atoms with E-state index in [1.807, 2.05) is 6.92 Å². The van der Waals surface area contributed by atoms with Gasteiger partial charge in [0, 0.05) is 24.5 Å². The van der Waals surface area contributed by atoms with Crippen molar-refractivity contribution in [2.24, 2.45) is 5.92 Å². The number of nitrogens with one attached hydrogen (secondary N) is 1. The fourth-order valence-electron chi connectivity index (χ4n) is 2.59. The number of likely N-dealkylation sites (tertiary alicyclic amines) is 1. The molecule has 1 aliphatic rings. The van der Waals surface area contributed by atoms with Crippen LogP contribution in [0.5, 0.6) is 0 Å². The van der Waals surface area contributed by atoms with Gasteiger partial charge in [-0.25, -0.2) is 0 Å². The molecule has 0 aliphatic carbocycles. The largest absolute Gasteiger partial charge is 0.376 e. The van der Waals surface area contributed by atoms with Crippen molar-refractivity contribution in [2.75, 3.05) is 19.7 Å². The maximum absolute atomic E-state index is 5.45. The highest BCUT2D eigenvalue weighted by molar-refractivity contribution is 5.24. The van der Waals surface area contributed by atoms with Crippen LogP contribution < -0.4 is 0 Å². The van der Waals surface area contributed by atoms with Crippen molar-refractivity contribution in [3.63, 3.8) is 0 Å². The molecule has 102 valence electrons.